The molecule has 0 atom stereocenters. The van der Waals surface area contributed by atoms with E-state index in [1.807, 2.05) is 0 Å². The molecule has 0 spiro atoms. The van der Waals surface area contributed by atoms with Gasteiger partial charge in [-0.15, -0.1) is 0 Å². The van der Waals surface area contributed by atoms with Crippen molar-refractivity contribution in [1.29, 1.82) is 0 Å². The Balaban J connectivity index is 1.98. The number of sulfone groups is 1. The van der Waals surface area contributed by atoms with Gasteiger partial charge in [0.1, 0.15) is 11.5 Å². The molecule has 4 aromatic rings. The van der Waals surface area contributed by atoms with E-state index in [-0.39, 0.29) is 17.3 Å². The van der Waals surface area contributed by atoms with Crippen molar-refractivity contribution in [2.45, 2.75) is 32.4 Å². The van der Waals surface area contributed by atoms with Crippen molar-refractivity contribution in [3.8, 4) is 17.2 Å². The summed E-state index contributed by atoms with van der Waals surface area (Å²) in [4.78, 5) is 0. The standard InChI is InChI=1S/C25H24F2N2O4S/c1-5-34(31,32)25(3,4)18-8-10-23(33-22-11-9-19(26)15-20(22)27)21(14-18)28-13-12-17-7-6-16(2)29(30)24(17)28/h6-15H,5H2,1-4H3. The molecule has 2 aromatic carbocycles. The number of hydrogen-bond acceptors (Lipinski definition) is 4. The third-order valence-electron chi connectivity index (χ3n) is 6.09. The van der Waals surface area contributed by atoms with Crippen LogP contribution in [0.5, 0.6) is 11.5 Å². The quantitative estimate of drug-likeness (QED) is 0.273. The lowest BCUT2D eigenvalue weighted by atomic mass is 10.0. The molecule has 0 radical (unpaired) electrons. The minimum Gasteiger partial charge on any atom is -0.710 e. The highest BCUT2D eigenvalue weighted by Gasteiger charge is 2.36. The van der Waals surface area contributed by atoms with Gasteiger partial charge in [0.05, 0.1) is 16.3 Å². The molecule has 0 fully saturated rings. The summed E-state index contributed by atoms with van der Waals surface area (Å²) in [7, 11) is -3.50. The highest BCUT2D eigenvalue weighted by Crippen LogP contribution is 2.38. The van der Waals surface area contributed by atoms with E-state index in [2.05, 4.69) is 0 Å². The Morgan fingerprint density at radius 3 is 2.41 bits per heavy atom. The van der Waals surface area contributed by atoms with E-state index in [4.69, 9.17) is 4.74 Å². The average molecular weight is 487 g/mol. The van der Waals surface area contributed by atoms with Crippen LogP contribution in [0.15, 0.2) is 60.8 Å². The Bertz CT molecular complexity index is 1510. The summed E-state index contributed by atoms with van der Waals surface area (Å²) in [6, 6.07) is 12.9. The van der Waals surface area contributed by atoms with Crippen LogP contribution in [0.2, 0.25) is 0 Å². The number of rotatable bonds is 6. The minimum absolute atomic E-state index is 0.0550. The molecule has 34 heavy (non-hydrogen) atoms. The van der Waals surface area contributed by atoms with E-state index in [0.29, 0.717) is 34.0 Å². The van der Waals surface area contributed by atoms with Crippen molar-refractivity contribution in [2.75, 3.05) is 5.75 Å². The first kappa shape index (κ1) is 23.7. The number of hydrogen-bond donors (Lipinski definition) is 0. The molecule has 0 unspecified atom stereocenters. The number of halogens is 2. The third-order valence-corrected chi connectivity index (χ3v) is 8.64. The predicted octanol–water partition coefficient (Wildman–Crippen LogP) is 5.31. The molecular weight excluding hydrogens is 462 g/mol. The zero-order valence-corrected chi connectivity index (χ0v) is 20.0. The van der Waals surface area contributed by atoms with Gasteiger partial charge in [-0.25, -0.2) is 21.9 Å². The smallest absolute Gasteiger partial charge is 0.297 e. The first-order valence-corrected chi connectivity index (χ1v) is 12.3. The van der Waals surface area contributed by atoms with Crippen molar-refractivity contribution >= 4 is 20.9 Å². The maximum Gasteiger partial charge on any atom is 0.297 e. The Morgan fingerprint density at radius 2 is 1.74 bits per heavy atom. The SMILES string of the molecule is CCS(=O)(=O)C(C)(C)c1ccc(Oc2ccc(F)cc2F)c(-n2ccc3ccc(C)[n+]([O-])c32)c1. The van der Waals surface area contributed by atoms with Gasteiger partial charge in [-0.05, 0) is 68.8 Å². The Kier molecular flexibility index (Phi) is 5.85. The van der Waals surface area contributed by atoms with Crippen molar-refractivity contribution in [3.63, 3.8) is 0 Å². The van der Waals surface area contributed by atoms with E-state index in [1.54, 1.807) is 68.8 Å². The monoisotopic (exact) mass is 486 g/mol. The molecule has 0 bridgehead atoms. The molecule has 4 rings (SSSR count). The van der Waals surface area contributed by atoms with Gasteiger partial charge in [0.2, 0.25) is 0 Å². The topological polar surface area (TPSA) is 75.2 Å². The number of nitrogens with zero attached hydrogens (tertiary/aromatic N) is 2. The summed E-state index contributed by atoms with van der Waals surface area (Å²) in [6.45, 7) is 6.46. The number of aryl methyl sites for hydroxylation is 1. The van der Waals surface area contributed by atoms with Crippen LogP contribution < -0.4 is 9.47 Å². The maximum absolute atomic E-state index is 14.3. The van der Waals surface area contributed by atoms with E-state index in [0.717, 1.165) is 10.8 Å². The van der Waals surface area contributed by atoms with Crippen molar-refractivity contribution in [3.05, 3.63) is 88.9 Å². The summed E-state index contributed by atoms with van der Waals surface area (Å²) >= 11 is 0. The van der Waals surface area contributed by atoms with Crippen LogP contribution in [0.25, 0.3) is 16.7 Å². The van der Waals surface area contributed by atoms with Crippen LogP contribution >= 0.6 is 0 Å². The van der Waals surface area contributed by atoms with E-state index in [9.17, 15) is 22.4 Å². The average Bonchev–Trinajstić information content (AvgIpc) is 3.22. The summed E-state index contributed by atoms with van der Waals surface area (Å²) in [5.74, 6) is -1.74. The van der Waals surface area contributed by atoms with Gasteiger partial charge in [0.15, 0.2) is 32.8 Å². The van der Waals surface area contributed by atoms with Gasteiger partial charge in [-0.2, -0.15) is 4.57 Å². The largest absolute Gasteiger partial charge is 0.710 e. The molecule has 0 aliphatic rings. The number of fused-ring (bicyclic) bond motifs is 1. The van der Waals surface area contributed by atoms with E-state index >= 15 is 0 Å². The maximum atomic E-state index is 14.3. The summed E-state index contributed by atoms with van der Waals surface area (Å²) in [5.41, 5.74) is 1.58. The molecule has 0 amide bonds. The Labute approximate surface area is 196 Å². The Morgan fingerprint density at radius 1 is 1.03 bits per heavy atom. The highest BCUT2D eigenvalue weighted by molar-refractivity contribution is 7.92. The molecule has 0 aliphatic heterocycles. The van der Waals surface area contributed by atoms with Crippen LogP contribution in [0.3, 0.4) is 0 Å². The number of aromatic nitrogens is 2. The molecular formula is C25H24F2N2O4S. The molecule has 9 heteroatoms. The van der Waals surface area contributed by atoms with Gasteiger partial charge in [0.25, 0.3) is 5.65 Å². The van der Waals surface area contributed by atoms with Crippen molar-refractivity contribution < 1.29 is 26.7 Å². The van der Waals surface area contributed by atoms with Crippen LogP contribution in [0.1, 0.15) is 32.0 Å². The molecule has 6 nitrogen and oxygen atoms in total. The lowest BCUT2D eigenvalue weighted by molar-refractivity contribution is -0.586. The molecule has 178 valence electrons. The second-order valence-electron chi connectivity index (χ2n) is 8.51. The number of pyridine rings is 1. The van der Waals surface area contributed by atoms with Gasteiger partial charge in [-0.1, -0.05) is 13.0 Å². The van der Waals surface area contributed by atoms with Crippen LogP contribution in [-0.4, -0.2) is 18.7 Å². The molecule has 0 saturated heterocycles. The number of benzene rings is 2. The fraction of sp³-hybridized carbons (Fsp3) is 0.240. The highest BCUT2D eigenvalue weighted by atomic mass is 32.2. The molecule has 2 heterocycles. The van der Waals surface area contributed by atoms with Gasteiger partial charge in [-0.3, -0.25) is 0 Å². The summed E-state index contributed by atoms with van der Waals surface area (Å²) < 4.78 is 60.2. The van der Waals surface area contributed by atoms with Gasteiger partial charge < -0.3 is 9.94 Å². The van der Waals surface area contributed by atoms with E-state index < -0.39 is 26.2 Å². The first-order chi connectivity index (χ1) is 16.0. The zero-order chi connectivity index (χ0) is 24.8. The van der Waals surface area contributed by atoms with Crippen LogP contribution in [0, 0.1) is 23.8 Å². The van der Waals surface area contributed by atoms with Crippen LogP contribution in [-0.2, 0) is 14.6 Å². The molecule has 0 N–H and O–H groups in total. The lowest BCUT2D eigenvalue weighted by Gasteiger charge is -2.25. The second kappa shape index (κ2) is 8.39. The third kappa shape index (κ3) is 3.90. The van der Waals surface area contributed by atoms with Gasteiger partial charge in [0, 0.05) is 11.8 Å². The van der Waals surface area contributed by atoms with E-state index in [1.165, 1.54) is 12.1 Å². The zero-order valence-electron chi connectivity index (χ0n) is 19.2. The normalized spacial score (nSPS) is 12.3. The minimum atomic E-state index is -3.50. The predicted molar refractivity (Wildman–Crippen MR) is 126 cm³/mol. The molecule has 0 saturated carbocycles. The van der Waals surface area contributed by atoms with Gasteiger partial charge >= 0.3 is 0 Å². The fourth-order valence-electron chi connectivity index (χ4n) is 3.81. The fourth-order valence-corrected chi connectivity index (χ4v) is 5.01. The number of ether oxygens (including phenoxy) is 1. The lowest BCUT2D eigenvalue weighted by Crippen LogP contribution is -2.33. The second-order valence-corrected chi connectivity index (χ2v) is 11.3. The molecule has 0 aliphatic carbocycles. The molecule has 2 aromatic heterocycles. The van der Waals surface area contributed by atoms with Crippen molar-refractivity contribution in [1.82, 2.24) is 4.57 Å². The summed E-state index contributed by atoms with van der Waals surface area (Å²) in [5, 5.41) is 13.5. The van der Waals surface area contributed by atoms with Crippen molar-refractivity contribution in [2.24, 2.45) is 0 Å². The van der Waals surface area contributed by atoms with Crippen LogP contribution in [0.4, 0.5) is 8.78 Å². The first-order valence-electron chi connectivity index (χ1n) is 10.7. The summed E-state index contributed by atoms with van der Waals surface area (Å²) in [6.07, 6.45) is 1.66. The Hall–Kier alpha value is -3.46.